The van der Waals surface area contributed by atoms with E-state index in [-0.39, 0.29) is 12.1 Å². The molecule has 14 heavy (non-hydrogen) atoms. The molecule has 0 aliphatic carbocycles. The third-order valence-corrected chi connectivity index (χ3v) is 1.76. The Labute approximate surface area is 79.6 Å². The molecule has 0 fully saturated rings. The number of rotatable bonds is 2. The summed E-state index contributed by atoms with van der Waals surface area (Å²) in [6.45, 7) is 0.234. The van der Waals surface area contributed by atoms with Gasteiger partial charge in [0.15, 0.2) is 11.6 Å². The summed E-state index contributed by atoms with van der Waals surface area (Å²) >= 11 is 0. The average Bonchev–Trinajstić information content (AvgIpc) is 2.69. The van der Waals surface area contributed by atoms with Crippen LogP contribution in [0.4, 0.5) is 0 Å². The molecule has 0 bridgehead atoms. The van der Waals surface area contributed by atoms with Gasteiger partial charge in [-0.15, -0.1) is 0 Å². The molecule has 2 rings (SSSR count). The van der Waals surface area contributed by atoms with Gasteiger partial charge in [0.25, 0.3) is 5.56 Å². The van der Waals surface area contributed by atoms with Crippen LogP contribution in [0.2, 0.25) is 0 Å². The first-order chi connectivity index (χ1) is 6.79. The second kappa shape index (κ2) is 3.47. The maximum atomic E-state index is 11.2. The zero-order valence-electron chi connectivity index (χ0n) is 7.36. The molecule has 0 saturated heterocycles. The predicted molar refractivity (Wildman–Crippen MR) is 50.5 cm³/mol. The summed E-state index contributed by atoms with van der Waals surface area (Å²) in [5, 5.41) is 0. The number of aromatic amines is 1. The van der Waals surface area contributed by atoms with E-state index in [0.717, 1.165) is 0 Å². The van der Waals surface area contributed by atoms with Crippen molar-refractivity contribution in [3.8, 4) is 11.6 Å². The van der Waals surface area contributed by atoms with Crippen LogP contribution in [0, 0.1) is 0 Å². The van der Waals surface area contributed by atoms with Crippen molar-refractivity contribution in [1.29, 1.82) is 0 Å². The van der Waals surface area contributed by atoms with Gasteiger partial charge >= 0.3 is 0 Å². The van der Waals surface area contributed by atoms with Crippen molar-refractivity contribution in [1.82, 2.24) is 9.97 Å². The van der Waals surface area contributed by atoms with E-state index in [4.69, 9.17) is 10.2 Å². The van der Waals surface area contributed by atoms with Crippen LogP contribution >= 0.6 is 0 Å². The van der Waals surface area contributed by atoms with Crippen LogP contribution in [-0.2, 0) is 6.54 Å². The molecular formula is C9H9N3O2. The first-order valence-electron chi connectivity index (χ1n) is 4.14. The molecule has 0 aliphatic rings. The molecule has 0 saturated carbocycles. The number of furan rings is 1. The molecule has 72 valence electrons. The Kier molecular flexibility index (Phi) is 2.16. The fraction of sp³-hybridized carbons (Fsp3) is 0.111. The highest BCUT2D eigenvalue weighted by molar-refractivity contribution is 5.45. The Hall–Kier alpha value is -1.88. The van der Waals surface area contributed by atoms with E-state index in [1.807, 2.05) is 0 Å². The van der Waals surface area contributed by atoms with E-state index in [9.17, 15) is 4.79 Å². The van der Waals surface area contributed by atoms with E-state index < -0.39 is 0 Å². The summed E-state index contributed by atoms with van der Waals surface area (Å²) in [5.41, 5.74) is 5.71. The van der Waals surface area contributed by atoms with Gasteiger partial charge in [-0.1, -0.05) is 0 Å². The van der Waals surface area contributed by atoms with Crippen molar-refractivity contribution in [2.45, 2.75) is 6.54 Å². The summed E-state index contributed by atoms with van der Waals surface area (Å²) in [4.78, 5) is 17.9. The van der Waals surface area contributed by atoms with E-state index in [2.05, 4.69) is 9.97 Å². The summed E-state index contributed by atoms with van der Waals surface area (Å²) in [7, 11) is 0. The van der Waals surface area contributed by atoms with Gasteiger partial charge in [-0.25, -0.2) is 4.98 Å². The smallest absolute Gasteiger partial charge is 0.251 e. The highest BCUT2D eigenvalue weighted by Gasteiger charge is 2.04. The van der Waals surface area contributed by atoms with Gasteiger partial charge in [0.1, 0.15) is 0 Å². The second-order valence-corrected chi connectivity index (χ2v) is 2.77. The van der Waals surface area contributed by atoms with Crippen LogP contribution in [-0.4, -0.2) is 9.97 Å². The number of aromatic nitrogens is 2. The summed E-state index contributed by atoms with van der Waals surface area (Å²) in [5.74, 6) is 0.931. The number of nitrogens with one attached hydrogen (secondary N) is 1. The van der Waals surface area contributed by atoms with E-state index >= 15 is 0 Å². The lowest BCUT2D eigenvalue weighted by molar-refractivity contribution is 0.576. The monoisotopic (exact) mass is 191 g/mol. The highest BCUT2D eigenvalue weighted by Crippen LogP contribution is 2.13. The second-order valence-electron chi connectivity index (χ2n) is 2.77. The van der Waals surface area contributed by atoms with Crippen molar-refractivity contribution in [2.75, 3.05) is 0 Å². The zero-order valence-corrected chi connectivity index (χ0v) is 7.36. The first kappa shape index (κ1) is 8.71. The molecule has 0 aliphatic heterocycles. The molecule has 5 heteroatoms. The van der Waals surface area contributed by atoms with Gasteiger partial charge in [-0.05, 0) is 12.1 Å². The number of hydrogen-bond donors (Lipinski definition) is 2. The standard InChI is InChI=1S/C9H9N3O2/c10-5-6-4-8(13)12-9(11-6)7-2-1-3-14-7/h1-4H,5,10H2,(H,11,12,13). The fourth-order valence-electron chi connectivity index (χ4n) is 1.14. The molecule has 0 radical (unpaired) electrons. The third kappa shape index (κ3) is 1.57. The average molecular weight is 191 g/mol. The molecule has 0 amide bonds. The molecule has 0 aromatic carbocycles. The summed E-state index contributed by atoms with van der Waals surface area (Å²) in [6.07, 6.45) is 1.52. The molecule has 2 aromatic rings. The Bertz CT molecular complexity index is 473. The molecule has 5 nitrogen and oxygen atoms in total. The van der Waals surface area contributed by atoms with Crippen molar-refractivity contribution in [3.05, 3.63) is 40.5 Å². The SMILES string of the molecule is NCc1cc(=O)[nH]c(-c2ccco2)n1. The number of hydrogen-bond acceptors (Lipinski definition) is 4. The molecule has 0 unspecified atom stereocenters. The third-order valence-electron chi connectivity index (χ3n) is 1.76. The zero-order chi connectivity index (χ0) is 9.97. The Morgan fingerprint density at radius 2 is 2.43 bits per heavy atom. The lowest BCUT2D eigenvalue weighted by Crippen LogP contribution is -2.12. The number of nitrogens with two attached hydrogens (primary N) is 1. The number of nitrogens with zero attached hydrogens (tertiary/aromatic N) is 1. The van der Waals surface area contributed by atoms with Crippen molar-refractivity contribution in [3.63, 3.8) is 0 Å². The van der Waals surface area contributed by atoms with Crippen molar-refractivity contribution < 1.29 is 4.42 Å². The van der Waals surface area contributed by atoms with Gasteiger partial charge in [0.05, 0.1) is 12.0 Å². The minimum absolute atomic E-state index is 0.230. The normalized spacial score (nSPS) is 10.4. The highest BCUT2D eigenvalue weighted by atomic mass is 16.3. The lowest BCUT2D eigenvalue weighted by Gasteiger charge is -1.98. The molecule has 2 heterocycles. The minimum Gasteiger partial charge on any atom is -0.461 e. The molecule has 3 N–H and O–H groups in total. The summed E-state index contributed by atoms with van der Waals surface area (Å²) < 4.78 is 5.10. The predicted octanol–water partition coefficient (Wildman–Crippen LogP) is 0.489. The maximum absolute atomic E-state index is 11.2. The van der Waals surface area contributed by atoms with Gasteiger partial charge in [0, 0.05) is 12.6 Å². The Balaban J connectivity index is 2.54. The maximum Gasteiger partial charge on any atom is 0.251 e. The van der Waals surface area contributed by atoms with Crippen LogP contribution in [0.3, 0.4) is 0 Å². The molecule has 0 atom stereocenters. The van der Waals surface area contributed by atoms with Crippen LogP contribution in [0.15, 0.2) is 33.7 Å². The van der Waals surface area contributed by atoms with Gasteiger partial charge in [-0.3, -0.25) is 4.79 Å². The Morgan fingerprint density at radius 1 is 1.57 bits per heavy atom. The van der Waals surface area contributed by atoms with Crippen LogP contribution in [0.25, 0.3) is 11.6 Å². The van der Waals surface area contributed by atoms with Crippen molar-refractivity contribution >= 4 is 0 Å². The minimum atomic E-state index is -0.230. The molecule has 2 aromatic heterocycles. The summed E-state index contributed by atoms with van der Waals surface area (Å²) in [6, 6.07) is 4.81. The quantitative estimate of drug-likeness (QED) is 0.723. The largest absolute Gasteiger partial charge is 0.461 e. The first-order valence-corrected chi connectivity index (χ1v) is 4.14. The van der Waals surface area contributed by atoms with Gasteiger partial charge in [-0.2, -0.15) is 0 Å². The van der Waals surface area contributed by atoms with Gasteiger partial charge in [0.2, 0.25) is 0 Å². The van der Waals surface area contributed by atoms with Crippen LogP contribution < -0.4 is 11.3 Å². The number of H-pyrrole nitrogens is 1. The fourth-order valence-corrected chi connectivity index (χ4v) is 1.14. The molecular weight excluding hydrogens is 182 g/mol. The van der Waals surface area contributed by atoms with E-state index in [0.29, 0.717) is 17.3 Å². The van der Waals surface area contributed by atoms with Crippen LogP contribution in [0.1, 0.15) is 5.69 Å². The Morgan fingerprint density at radius 3 is 3.07 bits per heavy atom. The molecule has 0 spiro atoms. The van der Waals surface area contributed by atoms with Gasteiger partial charge < -0.3 is 15.1 Å². The van der Waals surface area contributed by atoms with E-state index in [1.54, 1.807) is 12.1 Å². The lowest BCUT2D eigenvalue weighted by atomic mass is 10.3. The topological polar surface area (TPSA) is 84.9 Å². The van der Waals surface area contributed by atoms with Crippen LogP contribution in [0.5, 0.6) is 0 Å². The van der Waals surface area contributed by atoms with Crippen molar-refractivity contribution in [2.24, 2.45) is 5.73 Å². The van der Waals surface area contributed by atoms with E-state index in [1.165, 1.54) is 12.3 Å².